The van der Waals surface area contributed by atoms with Gasteiger partial charge >= 0.3 is 12.1 Å². The Morgan fingerprint density at radius 2 is 1.59 bits per heavy atom. The topological polar surface area (TPSA) is 68.0 Å². The van der Waals surface area contributed by atoms with Gasteiger partial charge in [-0.1, -0.05) is 54.6 Å². The first-order valence-electron chi connectivity index (χ1n) is 8.35. The zero-order valence-corrected chi connectivity index (χ0v) is 15.4. The highest BCUT2D eigenvalue weighted by Crippen LogP contribution is 2.35. The van der Waals surface area contributed by atoms with E-state index in [0.717, 1.165) is 28.0 Å². The van der Waals surface area contributed by atoms with Gasteiger partial charge < -0.3 is 5.11 Å². The summed E-state index contributed by atoms with van der Waals surface area (Å²) in [4.78, 5) is 15.3. The fraction of sp³-hybridized carbons (Fsp3) is 0.0500. The third kappa shape index (κ3) is 3.64. The molecule has 0 saturated heterocycles. The summed E-state index contributed by atoms with van der Waals surface area (Å²) in [5.41, 5.74) is 0.983. The fourth-order valence-corrected chi connectivity index (χ4v) is 3.68. The van der Waals surface area contributed by atoms with Crippen LogP contribution in [0.3, 0.4) is 0 Å². The Morgan fingerprint density at radius 3 is 2.21 bits per heavy atom. The number of benzene rings is 2. The predicted octanol–water partition coefficient (Wildman–Crippen LogP) is 5.38. The Labute approximate surface area is 166 Å². The number of hydrogen-bond donors (Lipinski definition) is 1. The number of halogens is 3. The molecular formula is C20H12F3N3O2S. The summed E-state index contributed by atoms with van der Waals surface area (Å²) in [6, 6.07) is 17.2. The number of carboxylic acid groups (broad SMARTS) is 1. The van der Waals surface area contributed by atoms with Gasteiger partial charge in [0.15, 0.2) is 5.69 Å². The lowest BCUT2D eigenvalue weighted by molar-refractivity contribution is -0.143. The van der Waals surface area contributed by atoms with Crippen molar-refractivity contribution >= 4 is 17.3 Å². The maximum Gasteiger partial charge on any atom is 0.434 e. The van der Waals surface area contributed by atoms with Gasteiger partial charge in [0, 0.05) is 10.9 Å². The minimum Gasteiger partial charge on any atom is -0.478 e. The lowest BCUT2D eigenvalue weighted by Crippen LogP contribution is -2.17. The van der Waals surface area contributed by atoms with Crippen LogP contribution in [0.5, 0.6) is 0 Å². The second-order valence-electron chi connectivity index (χ2n) is 6.08. The monoisotopic (exact) mass is 415 g/mol. The fourth-order valence-electron chi connectivity index (χ4n) is 2.88. The number of nitrogens with zero attached hydrogens (tertiary/aromatic N) is 3. The summed E-state index contributed by atoms with van der Waals surface area (Å²) >= 11 is 0.950. The van der Waals surface area contributed by atoms with Crippen molar-refractivity contribution in [3.05, 3.63) is 77.4 Å². The molecule has 2 heterocycles. The molecule has 0 atom stereocenters. The van der Waals surface area contributed by atoms with E-state index >= 15 is 0 Å². The third-order valence-corrected chi connectivity index (χ3v) is 5.05. The highest BCUT2D eigenvalue weighted by molar-refractivity contribution is 7.12. The van der Waals surface area contributed by atoms with Gasteiger partial charge in [0.1, 0.15) is 5.56 Å². The normalized spacial score (nSPS) is 11.6. The number of thiazole rings is 1. The van der Waals surface area contributed by atoms with Gasteiger partial charge in [-0.05, 0) is 11.1 Å². The predicted molar refractivity (Wildman–Crippen MR) is 102 cm³/mol. The highest BCUT2D eigenvalue weighted by atomic mass is 32.1. The van der Waals surface area contributed by atoms with E-state index < -0.39 is 23.4 Å². The van der Waals surface area contributed by atoms with Gasteiger partial charge in [-0.15, -0.1) is 11.3 Å². The Kier molecular flexibility index (Phi) is 4.67. The molecule has 0 aliphatic rings. The van der Waals surface area contributed by atoms with Gasteiger partial charge in [-0.3, -0.25) is 0 Å². The molecule has 0 saturated carbocycles. The number of hydrogen-bond acceptors (Lipinski definition) is 4. The van der Waals surface area contributed by atoms with Crippen LogP contribution in [0.4, 0.5) is 13.2 Å². The van der Waals surface area contributed by atoms with Crippen LogP contribution in [0.2, 0.25) is 0 Å². The zero-order chi connectivity index (χ0) is 20.6. The van der Waals surface area contributed by atoms with E-state index in [2.05, 4.69) is 10.1 Å². The van der Waals surface area contributed by atoms with Crippen molar-refractivity contribution in [3.8, 4) is 27.5 Å². The summed E-state index contributed by atoms with van der Waals surface area (Å²) in [5, 5.41) is 14.2. The van der Waals surface area contributed by atoms with Crippen LogP contribution in [0.1, 0.15) is 16.1 Å². The van der Waals surface area contributed by atoms with Gasteiger partial charge in [0.2, 0.25) is 5.13 Å². The quantitative estimate of drug-likeness (QED) is 0.486. The van der Waals surface area contributed by atoms with Gasteiger partial charge in [-0.25, -0.2) is 14.5 Å². The van der Waals surface area contributed by atoms with Crippen molar-refractivity contribution in [3.63, 3.8) is 0 Å². The van der Waals surface area contributed by atoms with Crippen molar-refractivity contribution in [1.82, 2.24) is 14.8 Å². The van der Waals surface area contributed by atoms with Crippen LogP contribution in [0.25, 0.3) is 27.5 Å². The molecule has 2 aromatic carbocycles. The lowest BCUT2D eigenvalue weighted by atomic mass is 10.0. The standard InChI is InChI=1S/C20H12F3N3O2S/c21-20(22,23)17-15(18(27)28)10-24-26(17)19-25-16(11-29-19)14-8-6-13(7-9-14)12-4-2-1-3-5-12/h1-11H,(H,27,28). The van der Waals surface area contributed by atoms with Gasteiger partial charge in [0.25, 0.3) is 0 Å². The second-order valence-corrected chi connectivity index (χ2v) is 6.92. The number of rotatable bonds is 4. The summed E-state index contributed by atoms with van der Waals surface area (Å²) in [7, 11) is 0. The molecule has 4 aromatic rings. The van der Waals surface area contributed by atoms with Crippen molar-refractivity contribution in [2.24, 2.45) is 0 Å². The lowest BCUT2D eigenvalue weighted by Gasteiger charge is -2.09. The zero-order valence-electron chi connectivity index (χ0n) is 14.6. The Morgan fingerprint density at radius 1 is 0.966 bits per heavy atom. The molecule has 5 nitrogen and oxygen atoms in total. The molecule has 146 valence electrons. The van der Waals surface area contributed by atoms with Crippen molar-refractivity contribution < 1.29 is 23.1 Å². The minimum atomic E-state index is -4.88. The van der Waals surface area contributed by atoms with E-state index in [1.165, 1.54) is 0 Å². The van der Waals surface area contributed by atoms with Crippen molar-refractivity contribution in [2.45, 2.75) is 6.18 Å². The van der Waals surface area contributed by atoms with Crippen LogP contribution in [-0.2, 0) is 6.18 Å². The molecule has 29 heavy (non-hydrogen) atoms. The van der Waals surface area contributed by atoms with E-state index in [9.17, 15) is 18.0 Å². The Hall–Kier alpha value is -3.46. The molecule has 9 heteroatoms. The molecule has 0 bridgehead atoms. The van der Waals surface area contributed by atoms with Crippen LogP contribution < -0.4 is 0 Å². The first-order chi connectivity index (χ1) is 13.8. The molecule has 0 fully saturated rings. The van der Waals surface area contributed by atoms with Gasteiger partial charge in [0.05, 0.1) is 11.9 Å². The average molecular weight is 415 g/mol. The van der Waals surface area contributed by atoms with E-state index in [1.807, 2.05) is 54.6 Å². The molecule has 0 aliphatic carbocycles. The van der Waals surface area contributed by atoms with E-state index in [1.54, 1.807) is 5.38 Å². The number of carbonyl (C=O) groups is 1. The maximum absolute atomic E-state index is 13.4. The number of aromatic nitrogens is 3. The molecule has 0 unspecified atom stereocenters. The van der Waals surface area contributed by atoms with E-state index in [-0.39, 0.29) is 5.13 Å². The second kappa shape index (κ2) is 7.17. The molecule has 0 radical (unpaired) electrons. The summed E-state index contributed by atoms with van der Waals surface area (Å²) in [6.45, 7) is 0. The van der Waals surface area contributed by atoms with Crippen LogP contribution in [0, 0.1) is 0 Å². The highest BCUT2D eigenvalue weighted by Gasteiger charge is 2.41. The summed E-state index contributed by atoms with van der Waals surface area (Å²) in [5.74, 6) is -1.70. The molecule has 2 aromatic heterocycles. The molecular weight excluding hydrogens is 403 g/mol. The molecule has 0 aliphatic heterocycles. The third-order valence-electron chi connectivity index (χ3n) is 4.23. The maximum atomic E-state index is 13.4. The average Bonchev–Trinajstić information content (AvgIpc) is 3.36. The van der Waals surface area contributed by atoms with E-state index in [4.69, 9.17) is 5.11 Å². The number of carboxylic acids is 1. The summed E-state index contributed by atoms with van der Waals surface area (Å²) < 4.78 is 40.7. The van der Waals surface area contributed by atoms with Gasteiger partial charge in [-0.2, -0.15) is 18.3 Å². The van der Waals surface area contributed by atoms with Crippen LogP contribution in [0.15, 0.2) is 66.2 Å². The first-order valence-corrected chi connectivity index (χ1v) is 9.23. The van der Waals surface area contributed by atoms with Crippen molar-refractivity contribution in [2.75, 3.05) is 0 Å². The summed E-state index contributed by atoms with van der Waals surface area (Å²) in [6.07, 6.45) is -4.20. The largest absolute Gasteiger partial charge is 0.478 e. The molecule has 0 spiro atoms. The van der Waals surface area contributed by atoms with E-state index in [0.29, 0.717) is 16.6 Å². The SMILES string of the molecule is O=C(O)c1cnn(-c2nc(-c3ccc(-c4ccccc4)cc3)cs2)c1C(F)(F)F. The van der Waals surface area contributed by atoms with Crippen molar-refractivity contribution in [1.29, 1.82) is 0 Å². The van der Waals surface area contributed by atoms with Crippen LogP contribution in [-0.4, -0.2) is 25.8 Å². The minimum absolute atomic E-state index is 0.0630. The van der Waals surface area contributed by atoms with Crippen LogP contribution >= 0.6 is 11.3 Å². The molecule has 1 N–H and O–H groups in total. The molecule has 4 rings (SSSR count). The Bertz CT molecular complexity index is 1170. The Balaban J connectivity index is 1.69. The first kappa shape index (κ1) is 18.9. The number of aromatic carboxylic acids is 1. The molecule has 0 amide bonds. The number of alkyl halides is 3. The smallest absolute Gasteiger partial charge is 0.434 e.